The summed E-state index contributed by atoms with van der Waals surface area (Å²) in [6.45, 7) is 1.85. The first kappa shape index (κ1) is 14.9. The minimum atomic E-state index is -4.14. The van der Waals surface area contributed by atoms with E-state index in [0.717, 1.165) is 21.8 Å². The van der Waals surface area contributed by atoms with Crippen LogP contribution in [0.5, 0.6) is 0 Å². The van der Waals surface area contributed by atoms with E-state index >= 15 is 0 Å². The highest BCUT2D eigenvalue weighted by Gasteiger charge is 2.20. The highest BCUT2D eigenvalue weighted by atomic mass is 32.2. The Bertz CT molecular complexity index is 968. The zero-order valence-corrected chi connectivity index (χ0v) is 12.9. The number of nitrogens with one attached hydrogen (secondary N) is 1. The van der Waals surface area contributed by atoms with Crippen LogP contribution in [0.4, 0.5) is 14.5 Å². The fourth-order valence-electron chi connectivity index (χ4n) is 2.01. The van der Waals surface area contributed by atoms with Gasteiger partial charge in [0, 0.05) is 6.07 Å². The number of aromatic nitrogens is 1. The van der Waals surface area contributed by atoms with E-state index in [9.17, 15) is 17.2 Å². The van der Waals surface area contributed by atoms with Crippen LogP contribution < -0.4 is 4.72 Å². The maximum absolute atomic E-state index is 13.6. The van der Waals surface area contributed by atoms with Gasteiger partial charge in [-0.2, -0.15) is 0 Å². The number of aryl methyl sites for hydroxylation is 1. The number of hydrogen-bond donors (Lipinski definition) is 1. The van der Waals surface area contributed by atoms with E-state index in [1.54, 1.807) is 18.2 Å². The van der Waals surface area contributed by atoms with Crippen molar-refractivity contribution in [2.75, 3.05) is 4.72 Å². The van der Waals surface area contributed by atoms with Crippen molar-refractivity contribution < 1.29 is 17.2 Å². The van der Waals surface area contributed by atoms with Crippen LogP contribution in [0.3, 0.4) is 0 Å². The van der Waals surface area contributed by atoms with Crippen molar-refractivity contribution in [3.63, 3.8) is 0 Å². The second kappa shape index (κ2) is 5.29. The topological polar surface area (TPSA) is 59.1 Å². The van der Waals surface area contributed by atoms with Crippen molar-refractivity contribution in [1.82, 2.24) is 4.98 Å². The highest BCUT2D eigenvalue weighted by molar-refractivity contribution is 7.92. The number of anilines is 1. The van der Waals surface area contributed by atoms with Crippen LogP contribution in [0.25, 0.3) is 10.2 Å². The van der Waals surface area contributed by atoms with Crippen LogP contribution in [0.2, 0.25) is 0 Å². The maximum Gasteiger partial charge on any atom is 0.264 e. The molecule has 0 unspecified atom stereocenters. The number of halogens is 2. The normalized spacial score (nSPS) is 11.8. The minimum Gasteiger partial charge on any atom is -0.279 e. The summed E-state index contributed by atoms with van der Waals surface area (Å²) in [4.78, 5) is 3.66. The monoisotopic (exact) mass is 340 g/mol. The van der Waals surface area contributed by atoms with Crippen LogP contribution in [0.1, 0.15) is 5.01 Å². The zero-order chi connectivity index (χ0) is 15.9. The van der Waals surface area contributed by atoms with E-state index in [0.29, 0.717) is 11.6 Å². The van der Waals surface area contributed by atoms with E-state index in [2.05, 4.69) is 9.71 Å². The van der Waals surface area contributed by atoms with Crippen LogP contribution in [-0.4, -0.2) is 13.4 Å². The van der Waals surface area contributed by atoms with Gasteiger partial charge in [0.2, 0.25) is 0 Å². The SMILES string of the molecule is Cc1nc2cc(NS(=O)(=O)c3ccc(F)cc3F)ccc2s1. The van der Waals surface area contributed by atoms with Gasteiger partial charge in [-0.05, 0) is 37.3 Å². The lowest BCUT2D eigenvalue weighted by atomic mass is 10.3. The Labute approximate surface area is 129 Å². The van der Waals surface area contributed by atoms with E-state index in [-0.39, 0.29) is 5.69 Å². The molecule has 0 saturated heterocycles. The number of nitrogens with zero attached hydrogens (tertiary/aromatic N) is 1. The molecule has 2 aromatic carbocycles. The largest absolute Gasteiger partial charge is 0.279 e. The van der Waals surface area contributed by atoms with Gasteiger partial charge in [0.1, 0.15) is 16.5 Å². The minimum absolute atomic E-state index is 0.265. The molecular weight excluding hydrogens is 330 g/mol. The Morgan fingerprint density at radius 3 is 2.64 bits per heavy atom. The molecule has 0 fully saturated rings. The van der Waals surface area contributed by atoms with Gasteiger partial charge < -0.3 is 0 Å². The third kappa shape index (κ3) is 2.79. The molecule has 0 atom stereocenters. The summed E-state index contributed by atoms with van der Waals surface area (Å²) >= 11 is 1.49. The maximum atomic E-state index is 13.6. The van der Waals surface area contributed by atoms with Gasteiger partial charge in [-0.25, -0.2) is 22.2 Å². The molecule has 1 aromatic heterocycles. The first-order valence-corrected chi connectivity index (χ1v) is 8.50. The average Bonchev–Trinajstić information content (AvgIpc) is 2.77. The fourth-order valence-corrected chi connectivity index (χ4v) is 3.93. The molecule has 0 aliphatic heterocycles. The Morgan fingerprint density at radius 2 is 1.91 bits per heavy atom. The molecule has 0 bridgehead atoms. The fraction of sp³-hybridized carbons (Fsp3) is 0.0714. The molecule has 0 radical (unpaired) electrons. The van der Waals surface area contributed by atoms with Gasteiger partial charge in [-0.1, -0.05) is 0 Å². The third-order valence-corrected chi connectivity index (χ3v) is 5.30. The van der Waals surface area contributed by atoms with Gasteiger partial charge in [0.05, 0.1) is 20.9 Å². The molecule has 4 nitrogen and oxygen atoms in total. The molecule has 22 heavy (non-hydrogen) atoms. The van der Waals surface area contributed by atoms with Crippen molar-refractivity contribution in [3.8, 4) is 0 Å². The Morgan fingerprint density at radius 1 is 1.14 bits per heavy atom. The van der Waals surface area contributed by atoms with Crippen molar-refractivity contribution in [1.29, 1.82) is 0 Å². The Kier molecular flexibility index (Phi) is 3.57. The summed E-state index contributed by atoms with van der Waals surface area (Å²) in [5, 5.41) is 0.861. The summed E-state index contributed by atoms with van der Waals surface area (Å²) in [5.41, 5.74) is 0.920. The Balaban J connectivity index is 1.98. The quantitative estimate of drug-likeness (QED) is 0.791. The molecule has 3 aromatic rings. The lowest BCUT2D eigenvalue weighted by molar-refractivity contribution is 0.551. The van der Waals surface area contributed by atoms with E-state index in [4.69, 9.17) is 0 Å². The molecule has 1 heterocycles. The predicted octanol–water partition coefficient (Wildman–Crippen LogP) is 3.68. The van der Waals surface area contributed by atoms with Crippen molar-refractivity contribution >= 4 is 37.3 Å². The summed E-state index contributed by atoms with van der Waals surface area (Å²) in [5.74, 6) is -1.98. The molecule has 8 heteroatoms. The molecular formula is C14H10F2N2O2S2. The van der Waals surface area contributed by atoms with E-state index < -0.39 is 26.6 Å². The van der Waals surface area contributed by atoms with E-state index in [1.807, 2.05) is 6.92 Å². The lowest BCUT2D eigenvalue weighted by Crippen LogP contribution is -2.14. The van der Waals surface area contributed by atoms with Gasteiger partial charge in [0.15, 0.2) is 0 Å². The average molecular weight is 340 g/mol. The Hall–Kier alpha value is -2.06. The van der Waals surface area contributed by atoms with E-state index in [1.165, 1.54) is 11.3 Å². The summed E-state index contributed by atoms with van der Waals surface area (Å²) in [6, 6.07) is 7.18. The number of hydrogen-bond acceptors (Lipinski definition) is 4. The van der Waals surface area contributed by atoms with Crippen molar-refractivity contribution in [2.45, 2.75) is 11.8 Å². The van der Waals surface area contributed by atoms with Crippen molar-refractivity contribution in [3.05, 3.63) is 53.0 Å². The lowest BCUT2D eigenvalue weighted by Gasteiger charge is -2.08. The van der Waals surface area contributed by atoms with Crippen LogP contribution in [0.15, 0.2) is 41.3 Å². The second-order valence-electron chi connectivity index (χ2n) is 4.60. The molecule has 114 valence electrons. The molecule has 0 aliphatic rings. The first-order chi connectivity index (χ1) is 10.3. The molecule has 1 N–H and O–H groups in total. The summed E-state index contributed by atoms with van der Waals surface area (Å²) in [6.07, 6.45) is 0. The summed E-state index contributed by atoms with van der Waals surface area (Å²) in [7, 11) is -4.14. The van der Waals surface area contributed by atoms with Crippen molar-refractivity contribution in [2.24, 2.45) is 0 Å². The van der Waals surface area contributed by atoms with Crippen LogP contribution in [0, 0.1) is 18.6 Å². The molecule has 3 rings (SSSR count). The van der Waals surface area contributed by atoms with Gasteiger partial charge in [-0.3, -0.25) is 4.72 Å². The van der Waals surface area contributed by atoms with Gasteiger partial charge in [-0.15, -0.1) is 11.3 Å². The second-order valence-corrected chi connectivity index (χ2v) is 7.48. The standard InChI is InChI=1S/C14H10F2N2O2S2/c1-8-17-12-7-10(3-4-13(12)21-8)18-22(19,20)14-5-2-9(15)6-11(14)16/h2-7,18H,1H3. The molecule has 0 saturated carbocycles. The number of rotatable bonds is 3. The third-order valence-electron chi connectivity index (χ3n) is 2.93. The number of benzene rings is 2. The van der Waals surface area contributed by atoms with Gasteiger partial charge >= 0.3 is 0 Å². The van der Waals surface area contributed by atoms with Crippen LogP contribution in [-0.2, 0) is 10.0 Å². The first-order valence-electron chi connectivity index (χ1n) is 6.20. The van der Waals surface area contributed by atoms with Gasteiger partial charge in [0.25, 0.3) is 10.0 Å². The zero-order valence-electron chi connectivity index (χ0n) is 11.3. The summed E-state index contributed by atoms with van der Waals surface area (Å²) < 4.78 is 54.1. The smallest absolute Gasteiger partial charge is 0.264 e. The van der Waals surface area contributed by atoms with Crippen LogP contribution >= 0.6 is 11.3 Å². The number of thiazole rings is 1. The highest BCUT2D eigenvalue weighted by Crippen LogP contribution is 2.26. The number of sulfonamides is 1. The molecule has 0 amide bonds. The number of fused-ring (bicyclic) bond motifs is 1. The molecule has 0 spiro atoms. The molecule has 0 aliphatic carbocycles. The predicted molar refractivity (Wildman–Crippen MR) is 81.5 cm³/mol.